The van der Waals surface area contributed by atoms with Crippen molar-refractivity contribution in [3.63, 3.8) is 0 Å². The molecule has 1 aromatic carbocycles. The second kappa shape index (κ2) is 9.26. The van der Waals surface area contributed by atoms with Gasteiger partial charge in [-0.05, 0) is 23.7 Å². The normalized spacial score (nSPS) is 14.3. The Bertz CT molecular complexity index is 444. The number of hydrogen-bond acceptors (Lipinski definition) is 4. The maximum atomic E-state index is 6.28. The van der Waals surface area contributed by atoms with E-state index in [4.69, 9.17) is 18.0 Å². The van der Waals surface area contributed by atoms with Crippen LogP contribution in [-0.2, 0) is 18.0 Å². The van der Waals surface area contributed by atoms with Gasteiger partial charge >= 0.3 is 8.60 Å². The highest BCUT2D eigenvalue weighted by Crippen LogP contribution is 2.44. The number of benzene rings is 1. The van der Waals surface area contributed by atoms with Crippen LogP contribution < -0.4 is 0 Å². The SMILES string of the molecule is COP(OC)OC(CCO[Si](C)(C)C(C)(C)C)c1ccccc1. The zero-order valence-electron chi connectivity index (χ0n) is 15.5. The molecule has 4 nitrogen and oxygen atoms in total. The molecule has 1 atom stereocenters. The van der Waals surface area contributed by atoms with Gasteiger partial charge in [0.25, 0.3) is 0 Å². The van der Waals surface area contributed by atoms with Crippen LogP contribution >= 0.6 is 8.60 Å². The molecule has 0 aliphatic heterocycles. The summed E-state index contributed by atoms with van der Waals surface area (Å²) in [5.41, 5.74) is 1.12. The Hall–Kier alpha value is -0.293. The Balaban J connectivity index is 2.71. The van der Waals surface area contributed by atoms with Gasteiger partial charge in [-0.2, -0.15) is 0 Å². The van der Waals surface area contributed by atoms with Crippen LogP contribution in [0.3, 0.4) is 0 Å². The molecule has 0 aromatic heterocycles. The minimum Gasteiger partial charge on any atom is -0.417 e. The Morgan fingerprint density at radius 3 is 2.09 bits per heavy atom. The average molecular weight is 358 g/mol. The maximum Gasteiger partial charge on any atom is 0.332 e. The molecule has 23 heavy (non-hydrogen) atoms. The summed E-state index contributed by atoms with van der Waals surface area (Å²) in [5, 5.41) is 0.210. The van der Waals surface area contributed by atoms with E-state index in [1.54, 1.807) is 14.2 Å². The van der Waals surface area contributed by atoms with Gasteiger partial charge in [-0.15, -0.1) is 0 Å². The van der Waals surface area contributed by atoms with Gasteiger partial charge in [0.2, 0.25) is 0 Å². The first kappa shape index (κ1) is 20.8. The molecule has 6 heteroatoms. The molecule has 0 heterocycles. The lowest BCUT2D eigenvalue weighted by Crippen LogP contribution is -2.41. The van der Waals surface area contributed by atoms with Crippen LogP contribution in [0, 0.1) is 0 Å². The van der Waals surface area contributed by atoms with Crippen LogP contribution in [0.5, 0.6) is 0 Å². The molecule has 0 fully saturated rings. The summed E-state index contributed by atoms with van der Waals surface area (Å²) in [7, 11) is 0.128. The first-order valence-corrected chi connectivity index (χ1v) is 12.0. The lowest BCUT2D eigenvalue weighted by molar-refractivity contribution is 0.121. The van der Waals surface area contributed by atoms with Gasteiger partial charge < -0.3 is 18.0 Å². The molecule has 0 aliphatic carbocycles. The maximum absolute atomic E-state index is 6.28. The fourth-order valence-electron chi connectivity index (χ4n) is 1.85. The van der Waals surface area contributed by atoms with Gasteiger partial charge in [-0.25, -0.2) is 0 Å². The minimum atomic E-state index is -1.74. The fraction of sp³-hybridized carbons (Fsp3) is 0.647. The van der Waals surface area contributed by atoms with E-state index in [1.807, 2.05) is 18.2 Å². The quantitative estimate of drug-likeness (QED) is 0.420. The third kappa shape index (κ3) is 6.61. The molecule has 0 radical (unpaired) electrons. The Morgan fingerprint density at radius 2 is 1.61 bits per heavy atom. The van der Waals surface area contributed by atoms with E-state index >= 15 is 0 Å². The first-order chi connectivity index (χ1) is 10.7. The summed E-state index contributed by atoms with van der Waals surface area (Å²) in [4.78, 5) is 0. The molecular weight excluding hydrogens is 327 g/mol. The van der Waals surface area contributed by atoms with E-state index in [-0.39, 0.29) is 11.1 Å². The third-order valence-electron chi connectivity index (χ3n) is 4.33. The van der Waals surface area contributed by atoms with Gasteiger partial charge in [0.05, 0.1) is 6.10 Å². The second-order valence-electron chi connectivity index (χ2n) is 6.99. The van der Waals surface area contributed by atoms with E-state index in [1.165, 1.54) is 0 Å². The van der Waals surface area contributed by atoms with E-state index in [2.05, 4.69) is 46.0 Å². The highest BCUT2D eigenvalue weighted by Gasteiger charge is 2.37. The summed E-state index contributed by atoms with van der Waals surface area (Å²) in [6.45, 7) is 12.0. The van der Waals surface area contributed by atoms with Crippen LogP contribution in [0.25, 0.3) is 0 Å². The Kier molecular flexibility index (Phi) is 8.35. The van der Waals surface area contributed by atoms with Crippen molar-refractivity contribution in [1.29, 1.82) is 0 Å². The van der Waals surface area contributed by atoms with Crippen LogP contribution in [0.2, 0.25) is 18.1 Å². The first-order valence-electron chi connectivity index (χ1n) is 7.95. The van der Waals surface area contributed by atoms with E-state index in [0.29, 0.717) is 6.61 Å². The van der Waals surface area contributed by atoms with E-state index < -0.39 is 16.9 Å². The Labute approximate surface area is 143 Å². The average Bonchev–Trinajstić information content (AvgIpc) is 2.50. The molecule has 0 bridgehead atoms. The van der Waals surface area contributed by atoms with Crippen molar-refractivity contribution in [2.45, 2.75) is 51.4 Å². The van der Waals surface area contributed by atoms with Gasteiger partial charge in [0.15, 0.2) is 8.32 Å². The lowest BCUT2D eigenvalue weighted by Gasteiger charge is -2.36. The van der Waals surface area contributed by atoms with Crippen molar-refractivity contribution in [2.75, 3.05) is 20.8 Å². The van der Waals surface area contributed by atoms with Gasteiger partial charge in [-0.1, -0.05) is 51.1 Å². The van der Waals surface area contributed by atoms with Crippen molar-refractivity contribution in [2.24, 2.45) is 0 Å². The standard InChI is InChI=1S/C17H31O4PSi/c1-17(2,3)23(6,7)20-14-13-16(21-22(18-4)19-5)15-11-9-8-10-12-15/h8-12,16H,13-14H2,1-7H3. The topological polar surface area (TPSA) is 36.9 Å². The highest BCUT2D eigenvalue weighted by atomic mass is 31.2. The minimum absolute atomic E-state index is 0.0908. The van der Waals surface area contributed by atoms with E-state index in [9.17, 15) is 0 Å². The molecule has 0 N–H and O–H groups in total. The van der Waals surface area contributed by atoms with Crippen LogP contribution in [0.1, 0.15) is 38.9 Å². The van der Waals surface area contributed by atoms with Crippen LogP contribution in [0.4, 0.5) is 0 Å². The zero-order valence-corrected chi connectivity index (χ0v) is 17.4. The predicted molar refractivity (Wildman–Crippen MR) is 99.0 cm³/mol. The Morgan fingerprint density at radius 1 is 1.04 bits per heavy atom. The van der Waals surface area contributed by atoms with Crippen molar-refractivity contribution < 1.29 is 18.0 Å². The summed E-state index contributed by atoms with van der Waals surface area (Å²) in [6.07, 6.45) is 0.689. The summed E-state index contributed by atoms with van der Waals surface area (Å²) < 4.78 is 22.8. The molecule has 0 aliphatic rings. The largest absolute Gasteiger partial charge is 0.417 e. The summed E-state index contributed by atoms with van der Waals surface area (Å²) in [6, 6.07) is 10.2. The van der Waals surface area contributed by atoms with Crippen molar-refractivity contribution >= 4 is 16.9 Å². The molecule has 1 aromatic rings. The smallest absolute Gasteiger partial charge is 0.332 e. The molecule has 132 valence electrons. The van der Waals surface area contributed by atoms with Crippen LogP contribution in [-0.4, -0.2) is 29.1 Å². The number of hydrogen-bond donors (Lipinski definition) is 0. The van der Waals surface area contributed by atoms with Crippen molar-refractivity contribution in [3.8, 4) is 0 Å². The van der Waals surface area contributed by atoms with Crippen LogP contribution in [0.15, 0.2) is 30.3 Å². The molecule has 0 amide bonds. The fourth-order valence-corrected chi connectivity index (χ4v) is 3.67. The summed E-state index contributed by atoms with van der Waals surface area (Å²) >= 11 is 0. The molecule has 0 saturated heterocycles. The van der Waals surface area contributed by atoms with E-state index in [0.717, 1.165) is 12.0 Å². The van der Waals surface area contributed by atoms with Crippen molar-refractivity contribution in [1.82, 2.24) is 0 Å². The predicted octanol–water partition coefficient (Wildman–Crippen LogP) is 5.68. The third-order valence-corrected chi connectivity index (χ3v) is 9.89. The van der Waals surface area contributed by atoms with Crippen molar-refractivity contribution in [3.05, 3.63) is 35.9 Å². The summed E-state index contributed by atoms with van der Waals surface area (Å²) in [5.74, 6) is 0. The molecular formula is C17H31O4PSi. The van der Waals surface area contributed by atoms with Gasteiger partial charge in [0.1, 0.15) is 0 Å². The van der Waals surface area contributed by atoms with Gasteiger partial charge in [-0.3, -0.25) is 0 Å². The zero-order chi connectivity index (χ0) is 17.5. The monoisotopic (exact) mass is 358 g/mol. The second-order valence-corrected chi connectivity index (χ2v) is 13.2. The number of rotatable bonds is 9. The molecule has 0 spiro atoms. The highest BCUT2D eigenvalue weighted by molar-refractivity contribution is 7.41. The molecule has 1 rings (SSSR count). The molecule has 0 saturated carbocycles. The molecule has 1 unspecified atom stereocenters. The lowest BCUT2D eigenvalue weighted by atomic mass is 10.1. The van der Waals surface area contributed by atoms with Gasteiger partial charge in [0, 0.05) is 27.2 Å².